The summed E-state index contributed by atoms with van der Waals surface area (Å²) in [5.74, 6) is 0.149. The predicted molar refractivity (Wildman–Crippen MR) is 79.1 cm³/mol. The molecular weight excluding hydrogens is 282 g/mol. The monoisotopic (exact) mass is 295 g/mol. The summed E-state index contributed by atoms with van der Waals surface area (Å²) >= 11 is 7.64. The molecule has 0 aliphatic carbocycles. The first-order valence-corrected chi connectivity index (χ1v) is 7.39. The topological polar surface area (TPSA) is 36.4 Å². The molecular formula is C13H14ClN3OS. The summed E-state index contributed by atoms with van der Waals surface area (Å²) in [7, 11) is 0. The highest BCUT2D eigenvalue weighted by atomic mass is 35.5. The normalized spacial score (nSPS) is 16.1. The molecule has 0 bridgehead atoms. The fourth-order valence-corrected chi connectivity index (χ4v) is 3.53. The van der Waals surface area contributed by atoms with E-state index in [0.717, 1.165) is 46.5 Å². The molecule has 19 heavy (non-hydrogen) atoms. The van der Waals surface area contributed by atoms with Crippen molar-refractivity contribution in [2.75, 3.05) is 31.1 Å². The molecule has 1 saturated heterocycles. The second-order valence-electron chi connectivity index (χ2n) is 4.60. The van der Waals surface area contributed by atoms with E-state index in [0.29, 0.717) is 0 Å². The van der Waals surface area contributed by atoms with E-state index >= 15 is 0 Å². The first kappa shape index (κ1) is 12.7. The zero-order valence-electron chi connectivity index (χ0n) is 10.6. The highest BCUT2D eigenvalue weighted by Crippen LogP contribution is 2.31. The molecule has 1 aliphatic rings. The highest BCUT2D eigenvalue weighted by molar-refractivity contribution is 7.22. The van der Waals surface area contributed by atoms with E-state index in [9.17, 15) is 4.79 Å². The summed E-state index contributed by atoms with van der Waals surface area (Å²) in [5, 5.41) is 1.75. The number of carbonyl (C=O) groups is 1. The van der Waals surface area contributed by atoms with Crippen molar-refractivity contribution in [2.24, 2.45) is 0 Å². The van der Waals surface area contributed by atoms with Crippen LogP contribution in [0.4, 0.5) is 5.13 Å². The molecule has 0 radical (unpaired) electrons. The second kappa shape index (κ2) is 4.98. The first-order chi connectivity index (χ1) is 9.13. The van der Waals surface area contributed by atoms with Crippen LogP contribution >= 0.6 is 22.9 Å². The lowest BCUT2D eigenvalue weighted by Crippen LogP contribution is -2.48. The van der Waals surface area contributed by atoms with E-state index in [-0.39, 0.29) is 5.91 Å². The Morgan fingerprint density at radius 2 is 2.05 bits per heavy atom. The lowest BCUT2D eigenvalue weighted by Gasteiger charge is -2.33. The average molecular weight is 296 g/mol. The number of benzene rings is 1. The molecule has 6 heteroatoms. The fourth-order valence-electron chi connectivity index (χ4n) is 2.23. The number of hydrogen-bond acceptors (Lipinski definition) is 4. The number of carbonyl (C=O) groups excluding carboxylic acids is 1. The molecule has 0 atom stereocenters. The van der Waals surface area contributed by atoms with Crippen molar-refractivity contribution in [1.82, 2.24) is 9.88 Å². The molecule has 2 heterocycles. The van der Waals surface area contributed by atoms with Gasteiger partial charge in [0.05, 0.1) is 10.2 Å². The number of rotatable bonds is 1. The molecule has 1 aromatic carbocycles. The Balaban J connectivity index is 1.80. The Kier molecular flexibility index (Phi) is 3.33. The number of amides is 1. The number of anilines is 1. The summed E-state index contributed by atoms with van der Waals surface area (Å²) in [5.41, 5.74) is 0.985. The van der Waals surface area contributed by atoms with Crippen molar-refractivity contribution in [3.8, 4) is 0 Å². The van der Waals surface area contributed by atoms with Crippen LogP contribution in [0.1, 0.15) is 6.92 Å². The molecule has 0 unspecified atom stereocenters. The lowest BCUT2D eigenvalue weighted by molar-refractivity contribution is -0.129. The predicted octanol–water partition coefficient (Wildman–Crippen LogP) is 2.62. The molecule has 100 valence electrons. The minimum Gasteiger partial charge on any atom is -0.345 e. The van der Waals surface area contributed by atoms with Gasteiger partial charge in [-0.1, -0.05) is 22.9 Å². The number of halogens is 1. The van der Waals surface area contributed by atoms with Crippen LogP contribution in [0.5, 0.6) is 0 Å². The summed E-state index contributed by atoms with van der Waals surface area (Å²) in [4.78, 5) is 20.0. The van der Waals surface area contributed by atoms with Crippen LogP contribution in [0, 0.1) is 0 Å². The standard InChI is InChI=1S/C13H14ClN3OS/c1-9(18)16-4-6-17(7-5-16)13-15-11-3-2-10(14)8-12(11)19-13/h2-3,8H,4-7H2,1H3. The van der Waals surface area contributed by atoms with Crippen LogP contribution in [0.15, 0.2) is 18.2 Å². The number of piperazine rings is 1. The van der Waals surface area contributed by atoms with Gasteiger partial charge < -0.3 is 9.80 Å². The number of fused-ring (bicyclic) bond motifs is 1. The van der Waals surface area contributed by atoms with Gasteiger partial charge in [-0.3, -0.25) is 4.79 Å². The maximum atomic E-state index is 11.3. The van der Waals surface area contributed by atoms with Crippen molar-refractivity contribution < 1.29 is 4.79 Å². The van der Waals surface area contributed by atoms with E-state index in [1.165, 1.54) is 0 Å². The van der Waals surface area contributed by atoms with E-state index in [4.69, 9.17) is 11.6 Å². The van der Waals surface area contributed by atoms with Gasteiger partial charge >= 0.3 is 0 Å². The summed E-state index contributed by atoms with van der Waals surface area (Å²) in [6, 6.07) is 5.76. The van der Waals surface area contributed by atoms with Crippen LogP contribution in [0.2, 0.25) is 5.02 Å². The zero-order valence-corrected chi connectivity index (χ0v) is 12.2. The maximum Gasteiger partial charge on any atom is 0.219 e. The molecule has 0 N–H and O–H groups in total. The van der Waals surface area contributed by atoms with Crippen LogP contribution in [-0.2, 0) is 4.79 Å². The minimum atomic E-state index is 0.149. The summed E-state index contributed by atoms with van der Waals surface area (Å²) < 4.78 is 1.11. The van der Waals surface area contributed by atoms with Gasteiger partial charge in [0.15, 0.2) is 5.13 Å². The number of thiazole rings is 1. The van der Waals surface area contributed by atoms with E-state index in [2.05, 4.69) is 9.88 Å². The van der Waals surface area contributed by atoms with Gasteiger partial charge in [-0.15, -0.1) is 0 Å². The third-order valence-electron chi connectivity index (χ3n) is 3.33. The van der Waals surface area contributed by atoms with Crippen LogP contribution < -0.4 is 4.90 Å². The summed E-state index contributed by atoms with van der Waals surface area (Å²) in [6.45, 7) is 4.84. The second-order valence-corrected chi connectivity index (χ2v) is 6.05. The highest BCUT2D eigenvalue weighted by Gasteiger charge is 2.20. The summed E-state index contributed by atoms with van der Waals surface area (Å²) in [6.07, 6.45) is 0. The van der Waals surface area contributed by atoms with Gasteiger partial charge in [-0.2, -0.15) is 0 Å². The molecule has 3 rings (SSSR count). The zero-order chi connectivity index (χ0) is 13.4. The first-order valence-electron chi connectivity index (χ1n) is 6.20. The van der Waals surface area contributed by atoms with E-state index in [1.54, 1.807) is 18.3 Å². The van der Waals surface area contributed by atoms with Gasteiger partial charge in [0, 0.05) is 38.1 Å². The largest absolute Gasteiger partial charge is 0.345 e. The van der Waals surface area contributed by atoms with Gasteiger partial charge in [-0.05, 0) is 18.2 Å². The Hall–Kier alpha value is -1.33. The van der Waals surface area contributed by atoms with Crippen molar-refractivity contribution >= 4 is 44.2 Å². The molecule has 0 spiro atoms. The van der Waals surface area contributed by atoms with Gasteiger partial charge in [0.1, 0.15) is 0 Å². The Morgan fingerprint density at radius 1 is 1.32 bits per heavy atom. The Morgan fingerprint density at radius 3 is 2.74 bits per heavy atom. The molecule has 1 aliphatic heterocycles. The third kappa shape index (κ3) is 2.53. The minimum absolute atomic E-state index is 0.149. The smallest absolute Gasteiger partial charge is 0.219 e. The Labute approximate surface area is 120 Å². The van der Waals surface area contributed by atoms with Gasteiger partial charge in [-0.25, -0.2) is 4.98 Å². The van der Waals surface area contributed by atoms with Crippen molar-refractivity contribution in [3.05, 3.63) is 23.2 Å². The molecule has 1 aromatic heterocycles. The molecule has 1 amide bonds. The van der Waals surface area contributed by atoms with Gasteiger partial charge in [0.2, 0.25) is 5.91 Å². The number of hydrogen-bond donors (Lipinski definition) is 0. The van der Waals surface area contributed by atoms with Crippen molar-refractivity contribution in [1.29, 1.82) is 0 Å². The Bertz CT molecular complexity index is 619. The fraction of sp³-hybridized carbons (Fsp3) is 0.385. The molecule has 0 saturated carbocycles. The van der Waals surface area contributed by atoms with Crippen LogP contribution in [0.25, 0.3) is 10.2 Å². The number of aromatic nitrogens is 1. The third-order valence-corrected chi connectivity index (χ3v) is 4.65. The maximum absolute atomic E-state index is 11.3. The van der Waals surface area contributed by atoms with Gasteiger partial charge in [0.25, 0.3) is 0 Å². The molecule has 1 fully saturated rings. The quantitative estimate of drug-likeness (QED) is 0.811. The van der Waals surface area contributed by atoms with Crippen molar-refractivity contribution in [2.45, 2.75) is 6.92 Å². The van der Waals surface area contributed by atoms with E-state index < -0.39 is 0 Å². The van der Waals surface area contributed by atoms with Crippen LogP contribution in [0.3, 0.4) is 0 Å². The molecule has 2 aromatic rings. The van der Waals surface area contributed by atoms with Crippen molar-refractivity contribution in [3.63, 3.8) is 0 Å². The SMILES string of the molecule is CC(=O)N1CCN(c2nc3ccc(Cl)cc3s2)CC1. The van der Waals surface area contributed by atoms with Crippen LogP contribution in [-0.4, -0.2) is 42.0 Å². The molecule has 4 nitrogen and oxygen atoms in total. The number of nitrogens with zero attached hydrogens (tertiary/aromatic N) is 3. The average Bonchev–Trinajstić information content (AvgIpc) is 2.81. The lowest BCUT2D eigenvalue weighted by atomic mass is 10.3. The van der Waals surface area contributed by atoms with E-state index in [1.807, 2.05) is 23.1 Å².